The molecular weight excluding hydrogens is 448 g/mol. The predicted molar refractivity (Wildman–Crippen MR) is 128 cm³/mol. The Morgan fingerprint density at radius 3 is 2.46 bits per heavy atom. The van der Waals surface area contributed by atoms with Gasteiger partial charge >= 0.3 is 0 Å². The van der Waals surface area contributed by atoms with Crippen molar-refractivity contribution in [3.8, 4) is 22.9 Å². The fourth-order valence-corrected chi connectivity index (χ4v) is 4.84. The van der Waals surface area contributed by atoms with Gasteiger partial charge in [0, 0.05) is 18.7 Å². The zero-order valence-corrected chi connectivity index (χ0v) is 20.0. The van der Waals surface area contributed by atoms with Crippen molar-refractivity contribution < 1.29 is 19.1 Å². The molecule has 5 rings (SSSR count). The first-order valence-corrected chi connectivity index (χ1v) is 11.7. The number of nitrogens with zero attached hydrogens (tertiary/aromatic N) is 6. The van der Waals surface area contributed by atoms with E-state index < -0.39 is 6.04 Å². The van der Waals surface area contributed by atoms with Crippen LogP contribution in [0.3, 0.4) is 0 Å². The van der Waals surface area contributed by atoms with Crippen molar-refractivity contribution in [2.45, 2.75) is 38.3 Å². The summed E-state index contributed by atoms with van der Waals surface area (Å²) in [6, 6.07) is 12.7. The number of hydrogen-bond donors (Lipinski definition) is 0. The van der Waals surface area contributed by atoms with Gasteiger partial charge in [-0.2, -0.15) is 4.80 Å². The van der Waals surface area contributed by atoms with Crippen LogP contribution in [-0.2, 0) is 9.59 Å². The Morgan fingerprint density at radius 2 is 1.74 bits per heavy atom. The molecule has 2 amide bonds. The number of ether oxygens (including phenoxy) is 2. The minimum Gasteiger partial charge on any atom is -0.493 e. The van der Waals surface area contributed by atoms with Crippen LogP contribution in [0, 0.1) is 6.92 Å². The van der Waals surface area contributed by atoms with Gasteiger partial charge in [-0.05, 0) is 60.9 Å². The number of rotatable bonds is 6. The third-order valence-corrected chi connectivity index (χ3v) is 6.72. The van der Waals surface area contributed by atoms with Gasteiger partial charge in [0.1, 0.15) is 0 Å². The zero-order valence-electron chi connectivity index (χ0n) is 20.0. The second-order valence-electron chi connectivity index (χ2n) is 8.90. The highest BCUT2D eigenvalue weighted by atomic mass is 16.5. The molecule has 1 unspecified atom stereocenters. The summed E-state index contributed by atoms with van der Waals surface area (Å²) in [6.07, 6.45) is 1.75. The first-order chi connectivity index (χ1) is 17.0. The molecule has 1 aromatic heterocycles. The zero-order chi connectivity index (χ0) is 24.5. The number of methoxy groups -OCH3 is 2. The first-order valence-electron chi connectivity index (χ1n) is 11.7. The van der Waals surface area contributed by atoms with Gasteiger partial charge in [-0.15, -0.1) is 10.2 Å². The van der Waals surface area contributed by atoms with Crippen molar-refractivity contribution in [3.63, 3.8) is 0 Å². The van der Waals surface area contributed by atoms with Gasteiger partial charge in [-0.3, -0.25) is 14.5 Å². The van der Waals surface area contributed by atoms with Crippen molar-refractivity contribution in [1.82, 2.24) is 25.1 Å². The minimum absolute atomic E-state index is 0.0766. The number of imide groups is 1. The molecule has 1 atom stereocenters. The predicted octanol–water partition coefficient (Wildman–Crippen LogP) is 2.63. The highest BCUT2D eigenvalue weighted by Gasteiger charge is 2.43. The van der Waals surface area contributed by atoms with Crippen LogP contribution in [0.5, 0.6) is 11.5 Å². The Hall–Kier alpha value is -3.79. The van der Waals surface area contributed by atoms with Gasteiger partial charge in [0.15, 0.2) is 11.5 Å². The second-order valence-corrected chi connectivity index (χ2v) is 8.90. The number of amides is 2. The summed E-state index contributed by atoms with van der Waals surface area (Å²) in [5, 5.41) is 13.1. The summed E-state index contributed by atoms with van der Waals surface area (Å²) >= 11 is 0. The fourth-order valence-electron chi connectivity index (χ4n) is 4.84. The molecule has 3 aromatic rings. The summed E-state index contributed by atoms with van der Waals surface area (Å²) in [5.74, 6) is 1.46. The molecule has 0 N–H and O–H groups in total. The van der Waals surface area contributed by atoms with E-state index in [0.29, 0.717) is 36.1 Å². The molecule has 2 aromatic carbocycles. The van der Waals surface area contributed by atoms with E-state index >= 15 is 0 Å². The maximum atomic E-state index is 13.1. The van der Waals surface area contributed by atoms with Crippen LogP contribution in [0.15, 0.2) is 42.5 Å². The maximum Gasteiger partial charge on any atom is 0.251 e. The minimum atomic E-state index is -0.421. The quantitative estimate of drug-likeness (QED) is 0.501. The van der Waals surface area contributed by atoms with Crippen molar-refractivity contribution in [3.05, 3.63) is 48.0 Å². The maximum absolute atomic E-state index is 13.1. The van der Waals surface area contributed by atoms with Crippen molar-refractivity contribution in [2.75, 3.05) is 32.2 Å². The Balaban J connectivity index is 1.24. The number of benzene rings is 2. The Labute approximate surface area is 203 Å². The number of aromatic nitrogens is 4. The third kappa shape index (κ3) is 4.37. The molecule has 0 spiro atoms. The van der Waals surface area contributed by atoms with E-state index in [4.69, 9.17) is 9.47 Å². The lowest BCUT2D eigenvalue weighted by atomic mass is 10.0. The van der Waals surface area contributed by atoms with E-state index in [9.17, 15) is 9.59 Å². The molecule has 10 nitrogen and oxygen atoms in total. The van der Waals surface area contributed by atoms with E-state index in [1.165, 1.54) is 4.90 Å². The molecule has 182 valence electrons. The molecular formula is C25H28N6O4. The molecule has 0 radical (unpaired) electrons. The average Bonchev–Trinajstić information content (AvgIpc) is 3.48. The molecule has 0 aliphatic carbocycles. The highest BCUT2D eigenvalue weighted by molar-refractivity contribution is 6.22. The SMILES string of the molecule is COc1ccc(-c2nnn(C3CCN(C4CC(=O)N(c5cccc(C)c5)C4=O)CC3)n2)cc1OC. The van der Waals surface area contributed by atoms with E-state index in [1.807, 2.05) is 49.4 Å². The summed E-state index contributed by atoms with van der Waals surface area (Å²) in [5.41, 5.74) is 2.45. The summed E-state index contributed by atoms with van der Waals surface area (Å²) < 4.78 is 10.7. The number of anilines is 1. The Kier molecular flexibility index (Phi) is 6.21. The lowest BCUT2D eigenvalue weighted by molar-refractivity contribution is -0.123. The molecule has 2 aliphatic rings. The summed E-state index contributed by atoms with van der Waals surface area (Å²) in [4.78, 5) is 30.9. The number of carbonyl (C=O) groups excluding carboxylic acids is 2. The van der Waals surface area contributed by atoms with Crippen molar-refractivity contribution in [2.24, 2.45) is 0 Å². The van der Waals surface area contributed by atoms with Crippen LogP contribution < -0.4 is 14.4 Å². The molecule has 3 heterocycles. The third-order valence-electron chi connectivity index (χ3n) is 6.72. The van der Waals surface area contributed by atoms with Gasteiger partial charge in [0.2, 0.25) is 11.7 Å². The van der Waals surface area contributed by atoms with Crippen LogP contribution in [0.2, 0.25) is 0 Å². The van der Waals surface area contributed by atoms with Crippen molar-refractivity contribution in [1.29, 1.82) is 0 Å². The van der Waals surface area contributed by atoms with Crippen LogP contribution in [0.4, 0.5) is 5.69 Å². The normalized spacial score (nSPS) is 19.4. The summed E-state index contributed by atoms with van der Waals surface area (Å²) in [7, 11) is 3.18. The molecule has 10 heteroatoms. The molecule has 2 saturated heterocycles. The number of tetrazole rings is 1. The average molecular weight is 477 g/mol. The lowest BCUT2D eigenvalue weighted by Crippen LogP contribution is -2.46. The fraction of sp³-hybridized carbons (Fsp3) is 0.400. The van der Waals surface area contributed by atoms with Crippen LogP contribution in [-0.4, -0.2) is 70.3 Å². The standard InChI is InChI=1S/C25H28N6O4/c1-16-5-4-6-19(13-16)30-23(32)15-20(25(30)33)29-11-9-18(10-12-29)31-27-24(26-28-31)17-7-8-21(34-2)22(14-17)35-3/h4-8,13-14,18,20H,9-12,15H2,1-3H3. The van der Waals surface area contributed by atoms with E-state index in [1.54, 1.807) is 19.0 Å². The number of likely N-dealkylation sites (tertiary alicyclic amines) is 1. The topological polar surface area (TPSA) is 103 Å². The van der Waals surface area contributed by atoms with Gasteiger partial charge in [-0.1, -0.05) is 12.1 Å². The lowest BCUT2D eigenvalue weighted by Gasteiger charge is -2.34. The van der Waals surface area contributed by atoms with Gasteiger partial charge in [-0.25, -0.2) is 4.90 Å². The van der Waals surface area contributed by atoms with Gasteiger partial charge in [0.05, 0.1) is 38.4 Å². The summed E-state index contributed by atoms with van der Waals surface area (Å²) in [6.45, 7) is 3.32. The number of carbonyl (C=O) groups is 2. The van der Waals surface area contributed by atoms with Crippen LogP contribution in [0.25, 0.3) is 11.4 Å². The largest absolute Gasteiger partial charge is 0.493 e. The van der Waals surface area contributed by atoms with Gasteiger partial charge < -0.3 is 9.47 Å². The molecule has 2 aliphatic heterocycles. The number of aryl methyl sites for hydroxylation is 1. The van der Waals surface area contributed by atoms with E-state index in [-0.39, 0.29) is 24.3 Å². The molecule has 35 heavy (non-hydrogen) atoms. The Morgan fingerprint density at radius 1 is 0.971 bits per heavy atom. The highest BCUT2D eigenvalue weighted by Crippen LogP contribution is 2.32. The van der Waals surface area contributed by atoms with Gasteiger partial charge in [0.25, 0.3) is 5.91 Å². The van der Waals surface area contributed by atoms with Crippen LogP contribution >= 0.6 is 0 Å². The second kappa shape index (κ2) is 9.46. The van der Waals surface area contributed by atoms with Crippen molar-refractivity contribution >= 4 is 17.5 Å². The number of hydrogen-bond acceptors (Lipinski definition) is 8. The van der Waals surface area contributed by atoms with Crippen LogP contribution in [0.1, 0.15) is 30.9 Å². The molecule has 0 bridgehead atoms. The molecule has 2 fully saturated rings. The monoisotopic (exact) mass is 476 g/mol. The first kappa shape index (κ1) is 23.0. The van der Waals surface area contributed by atoms with E-state index in [0.717, 1.165) is 24.0 Å². The van der Waals surface area contributed by atoms with E-state index in [2.05, 4.69) is 20.3 Å². The Bertz CT molecular complexity index is 1250. The smallest absolute Gasteiger partial charge is 0.251 e. The molecule has 0 saturated carbocycles. The number of piperidine rings is 1.